The minimum Gasteiger partial charge on any atom is -0.357 e. The lowest BCUT2D eigenvalue weighted by molar-refractivity contribution is 0.242. The van der Waals surface area contributed by atoms with E-state index in [1.807, 2.05) is 0 Å². The molecule has 0 spiro atoms. The van der Waals surface area contributed by atoms with Crippen LogP contribution in [0.2, 0.25) is 0 Å². The van der Waals surface area contributed by atoms with Gasteiger partial charge < -0.3 is 15.5 Å². The van der Waals surface area contributed by atoms with Crippen molar-refractivity contribution in [2.75, 3.05) is 45.8 Å². The number of guanidine groups is 1. The molecule has 0 aromatic rings. The molecule has 0 radical (unpaired) electrons. The molecule has 3 rings (SSSR count). The molecule has 2 aliphatic heterocycles. The molecular weight excluding hydrogens is 310 g/mol. The predicted molar refractivity (Wildman–Crippen MR) is 106 cm³/mol. The van der Waals surface area contributed by atoms with Crippen LogP contribution in [0.3, 0.4) is 0 Å². The topological polar surface area (TPSA) is 42.9 Å². The summed E-state index contributed by atoms with van der Waals surface area (Å²) in [6.07, 6.45) is 12.2. The highest BCUT2D eigenvalue weighted by Crippen LogP contribution is 2.26. The van der Waals surface area contributed by atoms with Gasteiger partial charge in [0.25, 0.3) is 0 Å². The van der Waals surface area contributed by atoms with Crippen molar-refractivity contribution in [3.05, 3.63) is 0 Å². The first-order valence-corrected chi connectivity index (χ1v) is 10.9. The van der Waals surface area contributed by atoms with Crippen LogP contribution in [-0.4, -0.2) is 73.7 Å². The van der Waals surface area contributed by atoms with Crippen LogP contribution in [0.5, 0.6) is 0 Å². The van der Waals surface area contributed by atoms with Crippen LogP contribution in [0, 0.1) is 0 Å². The van der Waals surface area contributed by atoms with E-state index in [0.717, 1.165) is 25.1 Å². The molecule has 0 aromatic carbocycles. The molecule has 5 nitrogen and oxygen atoms in total. The first kappa shape index (κ1) is 19.0. The van der Waals surface area contributed by atoms with Gasteiger partial charge in [0.05, 0.1) is 0 Å². The first-order chi connectivity index (χ1) is 12.3. The third kappa shape index (κ3) is 6.14. The van der Waals surface area contributed by atoms with E-state index in [1.165, 1.54) is 90.5 Å². The van der Waals surface area contributed by atoms with Crippen molar-refractivity contribution in [2.24, 2.45) is 4.99 Å². The molecule has 1 atom stereocenters. The zero-order valence-corrected chi connectivity index (χ0v) is 16.3. The summed E-state index contributed by atoms with van der Waals surface area (Å²) >= 11 is 0. The Morgan fingerprint density at radius 2 is 1.80 bits per heavy atom. The maximum Gasteiger partial charge on any atom is 0.191 e. The number of hydrogen-bond acceptors (Lipinski definition) is 3. The van der Waals surface area contributed by atoms with Gasteiger partial charge in [-0.25, -0.2) is 0 Å². The molecule has 2 heterocycles. The van der Waals surface area contributed by atoms with Gasteiger partial charge in [0.2, 0.25) is 0 Å². The standard InChI is InChI=1S/C20H39N5/c1-2-21-20(22-12-5-6-13-24-14-7-8-15-24)23-18-11-16-25(17-18)19-9-3-4-10-19/h18-19H,2-17H2,1H3,(H2,21,22,23). The summed E-state index contributed by atoms with van der Waals surface area (Å²) < 4.78 is 0. The normalized spacial score (nSPS) is 26.6. The molecular formula is C20H39N5. The number of unbranched alkanes of at least 4 members (excludes halogenated alkanes) is 1. The summed E-state index contributed by atoms with van der Waals surface area (Å²) in [6, 6.07) is 1.43. The Morgan fingerprint density at radius 3 is 2.56 bits per heavy atom. The van der Waals surface area contributed by atoms with Crippen LogP contribution in [-0.2, 0) is 0 Å². The number of nitrogens with one attached hydrogen (secondary N) is 2. The molecule has 5 heteroatoms. The summed E-state index contributed by atoms with van der Waals surface area (Å²) in [6.45, 7) is 10.4. The van der Waals surface area contributed by atoms with Crippen molar-refractivity contribution < 1.29 is 0 Å². The van der Waals surface area contributed by atoms with E-state index in [-0.39, 0.29) is 0 Å². The molecule has 0 aromatic heterocycles. The van der Waals surface area contributed by atoms with Crippen LogP contribution < -0.4 is 10.6 Å². The Labute approximate surface area is 154 Å². The van der Waals surface area contributed by atoms with Crippen LogP contribution in [0.1, 0.15) is 64.7 Å². The lowest BCUT2D eigenvalue weighted by Gasteiger charge is -2.24. The third-order valence-electron chi connectivity index (χ3n) is 6.10. The average molecular weight is 350 g/mol. The number of nitrogens with zero attached hydrogens (tertiary/aromatic N) is 3. The smallest absolute Gasteiger partial charge is 0.191 e. The predicted octanol–water partition coefficient (Wildman–Crippen LogP) is 2.43. The number of rotatable bonds is 8. The highest BCUT2D eigenvalue weighted by atomic mass is 15.3. The second-order valence-corrected chi connectivity index (χ2v) is 8.08. The highest BCUT2D eigenvalue weighted by molar-refractivity contribution is 5.80. The Hall–Kier alpha value is -0.810. The molecule has 1 unspecified atom stereocenters. The zero-order valence-electron chi connectivity index (χ0n) is 16.3. The molecule has 2 saturated heterocycles. The van der Waals surface area contributed by atoms with Gasteiger partial charge in [-0.3, -0.25) is 9.89 Å². The van der Waals surface area contributed by atoms with Gasteiger partial charge in [-0.15, -0.1) is 0 Å². The van der Waals surface area contributed by atoms with E-state index in [2.05, 4.69) is 27.4 Å². The van der Waals surface area contributed by atoms with E-state index >= 15 is 0 Å². The average Bonchev–Trinajstić information content (AvgIpc) is 3.37. The van der Waals surface area contributed by atoms with Gasteiger partial charge in [0, 0.05) is 38.3 Å². The Kier molecular flexibility index (Phi) is 7.86. The van der Waals surface area contributed by atoms with Gasteiger partial charge in [-0.1, -0.05) is 12.8 Å². The molecule has 3 fully saturated rings. The fourth-order valence-electron chi connectivity index (χ4n) is 4.66. The largest absolute Gasteiger partial charge is 0.357 e. The minimum absolute atomic E-state index is 0.572. The quantitative estimate of drug-likeness (QED) is 0.401. The fourth-order valence-corrected chi connectivity index (χ4v) is 4.66. The molecule has 25 heavy (non-hydrogen) atoms. The van der Waals surface area contributed by atoms with Crippen LogP contribution in [0.15, 0.2) is 4.99 Å². The molecule has 1 saturated carbocycles. The van der Waals surface area contributed by atoms with Crippen molar-refractivity contribution in [1.29, 1.82) is 0 Å². The second-order valence-electron chi connectivity index (χ2n) is 8.08. The van der Waals surface area contributed by atoms with Crippen molar-refractivity contribution in [3.8, 4) is 0 Å². The Balaban J connectivity index is 1.35. The summed E-state index contributed by atoms with van der Waals surface area (Å²) in [4.78, 5) is 10.1. The summed E-state index contributed by atoms with van der Waals surface area (Å²) in [5, 5.41) is 7.13. The van der Waals surface area contributed by atoms with Crippen molar-refractivity contribution in [1.82, 2.24) is 20.4 Å². The van der Waals surface area contributed by atoms with Crippen molar-refractivity contribution in [3.63, 3.8) is 0 Å². The third-order valence-corrected chi connectivity index (χ3v) is 6.10. The van der Waals surface area contributed by atoms with E-state index in [0.29, 0.717) is 6.04 Å². The molecule has 3 aliphatic rings. The lowest BCUT2D eigenvalue weighted by atomic mass is 10.2. The van der Waals surface area contributed by atoms with E-state index in [9.17, 15) is 0 Å². The van der Waals surface area contributed by atoms with Gasteiger partial charge >= 0.3 is 0 Å². The molecule has 0 amide bonds. The number of aliphatic imine (C=N–C) groups is 1. The van der Waals surface area contributed by atoms with Crippen LogP contribution in [0.4, 0.5) is 0 Å². The maximum atomic E-state index is 4.82. The van der Waals surface area contributed by atoms with Crippen LogP contribution >= 0.6 is 0 Å². The molecule has 2 N–H and O–H groups in total. The SMILES string of the molecule is CCNC(=NCCCCN1CCCC1)NC1CCN(C2CCCC2)C1. The van der Waals surface area contributed by atoms with Gasteiger partial charge in [-0.05, 0) is 71.5 Å². The monoisotopic (exact) mass is 349 g/mol. The van der Waals surface area contributed by atoms with Gasteiger partial charge in [0.1, 0.15) is 0 Å². The molecule has 144 valence electrons. The van der Waals surface area contributed by atoms with Gasteiger partial charge in [0.15, 0.2) is 5.96 Å². The van der Waals surface area contributed by atoms with Crippen molar-refractivity contribution >= 4 is 5.96 Å². The van der Waals surface area contributed by atoms with E-state index in [1.54, 1.807) is 0 Å². The van der Waals surface area contributed by atoms with Crippen molar-refractivity contribution in [2.45, 2.75) is 76.8 Å². The van der Waals surface area contributed by atoms with Gasteiger partial charge in [-0.2, -0.15) is 0 Å². The second kappa shape index (κ2) is 10.4. The van der Waals surface area contributed by atoms with E-state index < -0.39 is 0 Å². The number of hydrogen-bond donors (Lipinski definition) is 2. The van der Waals surface area contributed by atoms with Crippen LogP contribution in [0.25, 0.3) is 0 Å². The first-order valence-electron chi connectivity index (χ1n) is 10.9. The molecule has 0 bridgehead atoms. The Bertz CT molecular complexity index is 399. The summed E-state index contributed by atoms with van der Waals surface area (Å²) in [7, 11) is 0. The lowest BCUT2D eigenvalue weighted by Crippen LogP contribution is -2.45. The minimum atomic E-state index is 0.572. The van der Waals surface area contributed by atoms with E-state index in [4.69, 9.17) is 4.99 Å². The fraction of sp³-hybridized carbons (Fsp3) is 0.950. The highest BCUT2D eigenvalue weighted by Gasteiger charge is 2.30. The Morgan fingerprint density at radius 1 is 1.00 bits per heavy atom. The summed E-state index contributed by atoms with van der Waals surface area (Å²) in [5.74, 6) is 1.03. The summed E-state index contributed by atoms with van der Waals surface area (Å²) in [5.41, 5.74) is 0. The number of likely N-dealkylation sites (tertiary alicyclic amines) is 2. The zero-order chi connectivity index (χ0) is 17.3. The maximum absolute atomic E-state index is 4.82. The molecule has 1 aliphatic carbocycles.